The molecule has 0 aliphatic carbocycles. The predicted octanol–water partition coefficient (Wildman–Crippen LogP) is 2.27. The second-order valence-corrected chi connectivity index (χ2v) is 6.03. The highest BCUT2D eigenvalue weighted by atomic mass is 35.5. The third kappa shape index (κ3) is 2.51. The van der Waals surface area contributed by atoms with E-state index in [2.05, 4.69) is 19.9 Å². The summed E-state index contributed by atoms with van der Waals surface area (Å²) in [5.41, 5.74) is 6.57. The van der Waals surface area contributed by atoms with Crippen molar-refractivity contribution in [2.45, 2.75) is 12.5 Å². The van der Waals surface area contributed by atoms with Gasteiger partial charge in [0.25, 0.3) is 0 Å². The maximum atomic E-state index is 10.8. The van der Waals surface area contributed by atoms with Crippen LogP contribution in [0.15, 0.2) is 47.6 Å². The maximum Gasteiger partial charge on any atom is 0.230 e. The summed E-state index contributed by atoms with van der Waals surface area (Å²) in [4.78, 5) is 16.4. The first-order chi connectivity index (χ1) is 12.0. The molecular formula is C16H13ClN6O2. The maximum absolute atomic E-state index is 10.8. The Morgan fingerprint density at radius 2 is 2.08 bits per heavy atom. The van der Waals surface area contributed by atoms with Crippen molar-refractivity contribution in [1.82, 2.24) is 24.3 Å². The van der Waals surface area contributed by atoms with Crippen LogP contribution in [0.5, 0.6) is 0 Å². The molecular weight excluding hydrogens is 344 g/mol. The number of imidazole rings is 1. The quantitative estimate of drug-likeness (QED) is 0.578. The second kappa shape index (κ2) is 5.54. The molecule has 4 rings (SSSR count). The fourth-order valence-corrected chi connectivity index (χ4v) is 2.78. The summed E-state index contributed by atoms with van der Waals surface area (Å²) in [5.74, 6) is 0.301. The molecule has 4 aromatic rings. The zero-order valence-corrected chi connectivity index (χ0v) is 13.8. The molecule has 3 N–H and O–H groups in total. The predicted molar refractivity (Wildman–Crippen MR) is 90.8 cm³/mol. The third-order valence-electron chi connectivity index (χ3n) is 3.92. The van der Waals surface area contributed by atoms with Gasteiger partial charge in [0.15, 0.2) is 5.60 Å². The lowest BCUT2D eigenvalue weighted by Gasteiger charge is -2.20. The van der Waals surface area contributed by atoms with Crippen LogP contribution in [0.4, 0.5) is 5.95 Å². The molecule has 4 heterocycles. The van der Waals surface area contributed by atoms with Gasteiger partial charge >= 0.3 is 0 Å². The zero-order valence-electron chi connectivity index (χ0n) is 13.1. The molecule has 0 saturated heterocycles. The fourth-order valence-electron chi connectivity index (χ4n) is 2.59. The smallest absolute Gasteiger partial charge is 0.230 e. The van der Waals surface area contributed by atoms with Crippen LogP contribution >= 0.6 is 11.6 Å². The van der Waals surface area contributed by atoms with Crippen LogP contribution in [-0.2, 0) is 5.60 Å². The van der Waals surface area contributed by atoms with E-state index in [1.165, 1.54) is 18.7 Å². The number of nitrogens with two attached hydrogens (primary N) is 1. The van der Waals surface area contributed by atoms with E-state index >= 15 is 0 Å². The summed E-state index contributed by atoms with van der Waals surface area (Å²) in [7, 11) is 0. The van der Waals surface area contributed by atoms with Crippen molar-refractivity contribution in [1.29, 1.82) is 0 Å². The number of rotatable bonds is 3. The number of aliphatic hydroxyl groups is 1. The molecule has 0 saturated carbocycles. The first kappa shape index (κ1) is 15.6. The molecule has 0 aliphatic heterocycles. The fraction of sp³-hybridized carbons (Fsp3) is 0.125. The number of nitrogens with zero attached hydrogens (tertiary/aromatic N) is 5. The number of hydrogen-bond acceptors (Lipinski definition) is 7. The number of halogens is 1. The van der Waals surface area contributed by atoms with Crippen molar-refractivity contribution in [3.63, 3.8) is 0 Å². The van der Waals surface area contributed by atoms with Crippen LogP contribution in [0.1, 0.15) is 18.4 Å². The number of pyridine rings is 1. The van der Waals surface area contributed by atoms with Gasteiger partial charge in [-0.05, 0) is 13.0 Å². The Bertz CT molecular complexity index is 1060. The van der Waals surface area contributed by atoms with Gasteiger partial charge in [-0.2, -0.15) is 0 Å². The van der Waals surface area contributed by atoms with Crippen molar-refractivity contribution in [3.05, 3.63) is 59.7 Å². The van der Waals surface area contributed by atoms with Crippen LogP contribution < -0.4 is 5.73 Å². The molecule has 25 heavy (non-hydrogen) atoms. The third-order valence-corrected chi connectivity index (χ3v) is 4.20. The minimum absolute atomic E-state index is 0.109. The zero-order chi connectivity index (χ0) is 17.6. The van der Waals surface area contributed by atoms with Gasteiger partial charge in [0, 0.05) is 11.8 Å². The van der Waals surface area contributed by atoms with Gasteiger partial charge in [-0.3, -0.25) is 4.40 Å². The van der Waals surface area contributed by atoms with Gasteiger partial charge in [-0.1, -0.05) is 17.7 Å². The van der Waals surface area contributed by atoms with Gasteiger partial charge in [-0.15, -0.1) is 0 Å². The highest BCUT2D eigenvalue weighted by molar-refractivity contribution is 6.32. The Labute approximate surface area is 147 Å². The molecule has 4 aromatic heterocycles. The molecule has 126 valence electrons. The van der Waals surface area contributed by atoms with Crippen molar-refractivity contribution in [2.24, 2.45) is 0 Å². The molecule has 0 bridgehead atoms. The standard InChI is InChI=1S/C16H13ClN6O2/c1-16(24,14-19-4-5-25-14)9-2-3-12-20-7-11(23(12)8-9)13-10(17)6-21-15(18)22-13/h2-8,24H,1H3,(H2,18,21,22). The lowest BCUT2D eigenvalue weighted by Crippen LogP contribution is -2.23. The van der Waals surface area contributed by atoms with Gasteiger partial charge in [0.05, 0.1) is 29.3 Å². The Morgan fingerprint density at radius 1 is 1.24 bits per heavy atom. The van der Waals surface area contributed by atoms with Gasteiger partial charge in [0.2, 0.25) is 11.8 Å². The minimum atomic E-state index is -1.41. The molecule has 0 spiro atoms. The monoisotopic (exact) mass is 356 g/mol. The van der Waals surface area contributed by atoms with Gasteiger partial charge in [-0.25, -0.2) is 19.9 Å². The van der Waals surface area contributed by atoms with E-state index in [9.17, 15) is 5.11 Å². The Kier molecular flexibility index (Phi) is 3.45. The number of anilines is 1. The minimum Gasteiger partial charge on any atom is -0.446 e. The normalized spacial score (nSPS) is 13.9. The van der Waals surface area contributed by atoms with E-state index in [-0.39, 0.29) is 11.8 Å². The van der Waals surface area contributed by atoms with Gasteiger partial charge in [0.1, 0.15) is 17.6 Å². The number of nitrogen functional groups attached to an aromatic ring is 1. The summed E-state index contributed by atoms with van der Waals surface area (Å²) < 4.78 is 7.02. The van der Waals surface area contributed by atoms with Crippen molar-refractivity contribution in [2.75, 3.05) is 5.73 Å². The molecule has 9 heteroatoms. The first-order valence-electron chi connectivity index (χ1n) is 7.35. The highest BCUT2D eigenvalue weighted by Gasteiger charge is 2.31. The van der Waals surface area contributed by atoms with E-state index < -0.39 is 5.60 Å². The molecule has 0 radical (unpaired) electrons. The highest BCUT2D eigenvalue weighted by Crippen LogP contribution is 2.31. The Hall–Kier alpha value is -2.97. The summed E-state index contributed by atoms with van der Waals surface area (Å²) >= 11 is 6.20. The largest absolute Gasteiger partial charge is 0.446 e. The van der Waals surface area contributed by atoms with E-state index in [0.717, 1.165) is 0 Å². The molecule has 0 fully saturated rings. The van der Waals surface area contributed by atoms with E-state index in [0.29, 0.717) is 27.6 Å². The van der Waals surface area contributed by atoms with E-state index in [1.54, 1.807) is 35.9 Å². The number of hydrogen-bond donors (Lipinski definition) is 2. The molecule has 1 unspecified atom stereocenters. The summed E-state index contributed by atoms with van der Waals surface area (Å²) in [6.07, 6.45) is 7.69. The van der Waals surface area contributed by atoms with E-state index in [1.807, 2.05) is 0 Å². The van der Waals surface area contributed by atoms with Crippen LogP contribution in [0.2, 0.25) is 5.02 Å². The Balaban J connectivity index is 1.90. The molecule has 0 aromatic carbocycles. The SMILES string of the molecule is CC(O)(c1ccc2ncc(-c3nc(N)ncc3Cl)n2c1)c1ncco1. The second-order valence-electron chi connectivity index (χ2n) is 5.62. The average Bonchev–Trinajstić information content (AvgIpc) is 3.26. The van der Waals surface area contributed by atoms with Crippen LogP contribution in [0.3, 0.4) is 0 Å². The van der Waals surface area contributed by atoms with Crippen LogP contribution in [0, 0.1) is 0 Å². The molecule has 1 atom stereocenters. The average molecular weight is 357 g/mol. The van der Waals surface area contributed by atoms with Crippen LogP contribution in [-0.4, -0.2) is 29.4 Å². The Morgan fingerprint density at radius 3 is 2.84 bits per heavy atom. The first-order valence-corrected chi connectivity index (χ1v) is 7.73. The lowest BCUT2D eigenvalue weighted by molar-refractivity contribution is 0.0704. The van der Waals surface area contributed by atoms with Crippen molar-refractivity contribution >= 4 is 23.2 Å². The summed E-state index contributed by atoms with van der Waals surface area (Å²) in [6, 6.07) is 3.53. The topological polar surface area (TPSA) is 115 Å². The molecule has 0 amide bonds. The lowest BCUT2D eigenvalue weighted by atomic mass is 9.98. The van der Waals surface area contributed by atoms with Crippen LogP contribution in [0.25, 0.3) is 17.0 Å². The summed E-state index contributed by atoms with van der Waals surface area (Å²) in [5, 5.41) is 11.2. The number of fused-ring (bicyclic) bond motifs is 1. The van der Waals surface area contributed by atoms with Crippen molar-refractivity contribution < 1.29 is 9.52 Å². The number of aromatic nitrogens is 5. The number of oxazole rings is 1. The molecule has 8 nitrogen and oxygen atoms in total. The summed E-state index contributed by atoms with van der Waals surface area (Å²) in [6.45, 7) is 1.60. The van der Waals surface area contributed by atoms with Gasteiger partial charge < -0.3 is 15.3 Å². The molecule has 0 aliphatic rings. The van der Waals surface area contributed by atoms with Crippen molar-refractivity contribution in [3.8, 4) is 11.4 Å². The van der Waals surface area contributed by atoms with E-state index in [4.69, 9.17) is 21.8 Å².